The van der Waals surface area contributed by atoms with E-state index < -0.39 is 41.6 Å². The summed E-state index contributed by atoms with van der Waals surface area (Å²) in [5.74, 6) is -1.24. The maximum absolute atomic E-state index is 13.9. The van der Waals surface area contributed by atoms with Crippen molar-refractivity contribution in [3.8, 4) is 0 Å². The number of aromatic carboxylic acids is 1. The number of rotatable bonds is 3. The first-order chi connectivity index (χ1) is 12.8. The Morgan fingerprint density at radius 3 is 2.29 bits per heavy atom. The van der Waals surface area contributed by atoms with Crippen molar-refractivity contribution in [2.45, 2.75) is 24.4 Å². The van der Waals surface area contributed by atoms with Crippen molar-refractivity contribution in [1.29, 1.82) is 0 Å². The highest BCUT2D eigenvalue weighted by molar-refractivity contribution is 6.02. The van der Waals surface area contributed by atoms with Crippen molar-refractivity contribution in [2.75, 3.05) is 0 Å². The average Bonchev–Trinajstić information content (AvgIpc) is 3.18. The van der Waals surface area contributed by atoms with Crippen LogP contribution in [-0.4, -0.2) is 32.7 Å². The van der Waals surface area contributed by atoms with E-state index in [0.29, 0.717) is 10.9 Å². The molecule has 1 aromatic heterocycles. The van der Waals surface area contributed by atoms with Gasteiger partial charge in [0.15, 0.2) is 5.69 Å². The van der Waals surface area contributed by atoms with E-state index in [-0.39, 0.29) is 16.8 Å². The molecule has 28 heavy (non-hydrogen) atoms. The van der Waals surface area contributed by atoms with Gasteiger partial charge in [0, 0.05) is 13.2 Å². The van der Waals surface area contributed by atoms with Gasteiger partial charge in [-0.25, -0.2) is 4.79 Å². The molecule has 0 saturated carbocycles. The predicted octanol–water partition coefficient (Wildman–Crippen LogP) is 3.72. The fraction of sp³-hybridized carbons (Fsp3) is 0.312. The third kappa shape index (κ3) is 3.18. The van der Waals surface area contributed by atoms with E-state index in [0.717, 1.165) is 19.2 Å². The van der Waals surface area contributed by atoms with E-state index in [1.807, 2.05) is 0 Å². The summed E-state index contributed by atoms with van der Waals surface area (Å²) >= 11 is 0. The van der Waals surface area contributed by atoms with Gasteiger partial charge in [0.2, 0.25) is 0 Å². The molecule has 2 aromatic rings. The van der Waals surface area contributed by atoms with Crippen molar-refractivity contribution in [3.05, 3.63) is 52.8 Å². The summed E-state index contributed by atoms with van der Waals surface area (Å²) in [5.41, 5.74) is -6.58. The van der Waals surface area contributed by atoms with Crippen LogP contribution >= 0.6 is 0 Å². The molecule has 6 nitrogen and oxygen atoms in total. The molecule has 0 fully saturated rings. The number of benzene rings is 1. The summed E-state index contributed by atoms with van der Waals surface area (Å²) < 4.78 is 81.9. The number of oxime groups is 1. The molecule has 0 amide bonds. The van der Waals surface area contributed by atoms with Crippen molar-refractivity contribution < 1.29 is 41.1 Å². The van der Waals surface area contributed by atoms with Crippen LogP contribution in [0.5, 0.6) is 0 Å². The summed E-state index contributed by atoms with van der Waals surface area (Å²) in [4.78, 5) is 15.4. The van der Waals surface area contributed by atoms with Crippen LogP contribution in [0.4, 0.5) is 26.3 Å². The second-order valence-electron chi connectivity index (χ2n) is 6.08. The van der Waals surface area contributed by atoms with Crippen LogP contribution in [0.15, 0.2) is 35.6 Å². The first-order valence-electron chi connectivity index (χ1n) is 7.62. The highest BCUT2D eigenvalue weighted by atomic mass is 19.4. The number of aryl methyl sites for hydroxylation is 1. The summed E-state index contributed by atoms with van der Waals surface area (Å²) in [5, 5.41) is 15.3. The lowest BCUT2D eigenvalue weighted by Crippen LogP contribution is -2.43. The van der Waals surface area contributed by atoms with Crippen LogP contribution < -0.4 is 0 Å². The predicted molar refractivity (Wildman–Crippen MR) is 81.6 cm³/mol. The zero-order chi connectivity index (χ0) is 20.9. The van der Waals surface area contributed by atoms with Gasteiger partial charge in [-0.2, -0.15) is 31.4 Å². The quantitative estimate of drug-likeness (QED) is 0.787. The Balaban J connectivity index is 2.05. The van der Waals surface area contributed by atoms with Crippen molar-refractivity contribution in [1.82, 2.24) is 9.78 Å². The Morgan fingerprint density at radius 2 is 1.79 bits per heavy atom. The monoisotopic (exact) mass is 407 g/mol. The number of carboxylic acids is 1. The van der Waals surface area contributed by atoms with E-state index in [9.17, 15) is 31.1 Å². The highest BCUT2D eigenvalue weighted by Gasteiger charge is 2.65. The molecule has 1 N–H and O–H groups in total. The van der Waals surface area contributed by atoms with Gasteiger partial charge in [-0.05, 0) is 17.7 Å². The molecule has 1 aliphatic rings. The summed E-state index contributed by atoms with van der Waals surface area (Å²) in [7, 11) is 1.06. The summed E-state index contributed by atoms with van der Waals surface area (Å²) in [6, 6.07) is 4.68. The van der Waals surface area contributed by atoms with E-state index in [4.69, 9.17) is 5.11 Å². The van der Waals surface area contributed by atoms with Gasteiger partial charge in [0.25, 0.3) is 5.60 Å². The van der Waals surface area contributed by atoms with Crippen LogP contribution in [0, 0.1) is 0 Å². The van der Waals surface area contributed by atoms with Gasteiger partial charge in [-0.1, -0.05) is 17.3 Å². The average molecular weight is 407 g/mol. The van der Waals surface area contributed by atoms with Gasteiger partial charge in [-0.3, -0.25) is 4.68 Å². The Bertz CT molecular complexity index is 946. The van der Waals surface area contributed by atoms with Gasteiger partial charge in [-0.15, -0.1) is 0 Å². The zero-order valence-electron chi connectivity index (χ0n) is 14.0. The summed E-state index contributed by atoms with van der Waals surface area (Å²) in [6.45, 7) is 0. The number of nitrogens with zero attached hydrogens (tertiary/aromatic N) is 3. The summed E-state index contributed by atoms with van der Waals surface area (Å²) in [6.07, 6.45) is -10.8. The standard InChI is InChI=1S/C16H11F6N3O3/c1-25-7-10(12(23-25)15(17,18)19)14(16(20,21)22)6-11(24-28-14)8-2-4-9(5-3-8)13(26)27/h2-5,7H,6H2,1H3,(H,26,27). The Labute approximate surface area is 153 Å². The third-order valence-electron chi connectivity index (χ3n) is 4.18. The van der Waals surface area contributed by atoms with E-state index in [1.165, 1.54) is 12.1 Å². The van der Waals surface area contributed by atoms with E-state index in [1.54, 1.807) is 0 Å². The Morgan fingerprint density at radius 1 is 1.18 bits per heavy atom. The number of carboxylic acid groups (broad SMARTS) is 1. The molecular formula is C16H11F6N3O3. The molecule has 1 unspecified atom stereocenters. The topological polar surface area (TPSA) is 76.7 Å². The highest BCUT2D eigenvalue weighted by Crippen LogP contribution is 2.51. The van der Waals surface area contributed by atoms with Crippen molar-refractivity contribution in [2.24, 2.45) is 12.2 Å². The number of halogens is 6. The maximum atomic E-state index is 13.9. The normalized spacial score (nSPS) is 20.0. The number of carbonyl (C=O) groups is 1. The van der Waals surface area contributed by atoms with E-state index in [2.05, 4.69) is 15.1 Å². The van der Waals surface area contributed by atoms with Crippen LogP contribution in [0.25, 0.3) is 0 Å². The molecule has 12 heteroatoms. The minimum absolute atomic E-state index is 0.0913. The van der Waals surface area contributed by atoms with Crippen LogP contribution in [0.1, 0.15) is 33.6 Å². The molecule has 0 radical (unpaired) electrons. The molecule has 0 aliphatic carbocycles. The van der Waals surface area contributed by atoms with Crippen LogP contribution in [0.2, 0.25) is 0 Å². The zero-order valence-corrected chi connectivity index (χ0v) is 14.0. The number of alkyl halides is 6. The Kier molecular flexibility index (Phi) is 4.39. The lowest BCUT2D eigenvalue weighted by Gasteiger charge is -2.29. The van der Waals surface area contributed by atoms with Crippen LogP contribution in [-0.2, 0) is 23.7 Å². The lowest BCUT2D eigenvalue weighted by atomic mass is 9.86. The SMILES string of the molecule is Cn1cc(C2(C(F)(F)F)CC(c3ccc(C(=O)O)cc3)=NO2)c(C(F)(F)F)n1. The minimum atomic E-state index is -5.23. The smallest absolute Gasteiger partial charge is 0.435 e. The van der Waals surface area contributed by atoms with E-state index >= 15 is 0 Å². The second-order valence-corrected chi connectivity index (χ2v) is 6.08. The maximum Gasteiger partial charge on any atom is 0.435 e. The molecule has 0 spiro atoms. The first-order valence-corrected chi connectivity index (χ1v) is 7.62. The molecule has 0 saturated heterocycles. The minimum Gasteiger partial charge on any atom is -0.478 e. The molecule has 1 aromatic carbocycles. The second kappa shape index (κ2) is 6.24. The third-order valence-corrected chi connectivity index (χ3v) is 4.18. The van der Waals surface area contributed by atoms with Crippen LogP contribution in [0.3, 0.4) is 0 Å². The molecule has 3 rings (SSSR count). The first kappa shape index (κ1) is 19.7. The van der Waals surface area contributed by atoms with Crippen molar-refractivity contribution in [3.63, 3.8) is 0 Å². The van der Waals surface area contributed by atoms with Gasteiger partial charge >= 0.3 is 18.3 Å². The fourth-order valence-electron chi connectivity index (χ4n) is 2.84. The molecular weight excluding hydrogens is 396 g/mol. The molecule has 0 bridgehead atoms. The lowest BCUT2D eigenvalue weighted by molar-refractivity contribution is -0.277. The number of aromatic nitrogens is 2. The Hall–Kier alpha value is -3.05. The number of hydrogen-bond donors (Lipinski definition) is 1. The van der Waals surface area contributed by atoms with Gasteiger partial charge in [0.1, 0.15) is 0 Å². The van der Waals surface area contributed by atoms with Gasteiger partial charge < -0.3 is 9.94 Å². The molecule has 2 heterocycles. The largest absolute Gasteiger partial charge is 0.478 e. The van der Waals surface area contributed by atoms with Gasteiger partial charge in [0.05, 0.1) is 23.3 Å². The molecule has 150 valence electrons. The number of hydrogen-bond acceptors (Lipinski definition) is 4. The molecule has 1 aliphatic heterocycles. The molecule has 1 atom stereocenters. The fourth-order valence-corrected chi connectivity index (χ4v) is 2.84. The van der Waals surface area contributed by atoms with Crippen molar-refractivity contribution >= 4 is 11.7 Å².